The second kappa shape index (κ2) is 5.24. The predicted molar refractivity (Wildman–Crippen MR) is 61.0 cm³/mol. The molecule has 0 spiro atoms. The standard InChI is InChI=1S/C12H19FN2/c1-9(14)10(2)15(3)8-11-4-6-12(13)7-5-11/h4-7,9-10H,8,14H2,1-3H3. The van der Waals surface area contributed by atoms with E-state index in [1.54, 1.807) is 12.1 Å². The molecule has 2 nitrogen and oxygen atoms in total. The molecule has 0 aliphatic rings. The zero-order valence-corrected chi connectivity index (χ0v) is 9.57. The second-order valence-corrected chi connectivity index (χ2v) is 4.14. The fourth-order valence-electron chi connectivity index (χ4n) is 1.42. The highest BCUT2D eigenvalue weighted by Crippen LogP contribution is 2.08. The van der Waals surface area contributed by atoms with Gasteiger partial charge in [-0.1, -0.05) is 12.1 Å². The van der Waals surface area contributed by atoms with Crippen LogP contribution in [0.1, 0.15) is 19.4 Å². The molecule has 15 heavy (non-hydrogen) atoms. The van der Waals surface area contributed by atoms with Crippen molar-refractivity contribution in [2.45, 2.75) is 32.5 Å². The molecule has 2 atom stereocenters. The molecule has 0 saturated carbocycles. The average molecular weight is 210 g/mol. The van der Waals surface area contributed by atoms with Crippen molar-refractivity contribution in [1.29, 1.82) is 0 Å². The summed E-state index contributed by atoms with van der Waals surface area (Å²) in [5.41, 5.74) is 6.92. The van der Waals surface area contributed by atoms with Gasteiger partial charge in [0, 0.05) is 18.6 Å². The zero-order valence-electron chi connectivity index (χ0n) is 9.57. The topological polar surface area (TPSA) is 29.3 Å². The first kappa shape index (κ1) is 12.1. The molecular weight excluding hydrogens is 191 g/mol. The molecule has 0 radical (unpaired) electrons. The van der Waals surface area contributed by atoms with Gasteiger partial charge in [-0.25, -0.2) is 4.39 Å². The molecule has 0 aliphatic carbocycles. The van der Waals surface area contributed by atoms with Gasteiger partial charge in [0.05, 0.1) is 0 Å². The third-order valence-electron chi connectivity index (χ3n) is 2.80. The molecule has 0 aliphatic heterocycles. The van der Waals surface area contributed by atoms with Gasteiger partial charge < -0.3 is 5.73 Å². The van der Waals surface area contributed by atoms with Gasteiger partial charge in [-0.05, 0) is 38.6 Å². The highest BCUT2D eigenvalue weighted by Gasteiger charge is 2.13. The summed E-state index contributed by atoms with van der Waals surface area (Å²) in [6.07, 6.45) is 0. The highest BCUT2D eigenvalue weighted by molar-refractivity contribution is 5.15. The Morgan fingerprint density at radius 1 is 1.27 bits per heavy atom. The third kappa shape index (κ3) is 3.61. The van der Waals surface area contributed by atoms with Gasteiger partial charge in [0.25, 0.3) is 0 Å². The molecule has 0 fully saturated rings. The van der Waals surface area contributed by atoms with E-state index in [4.69, 9.17) is 5.73 Å². The SMILES string of the molecule is CC(N)C(C)N(C)Cc1ccc(F)cc1. The van der Waals surface area contributed by atoms with E-state index in [1.807, 2.05) is 14.0 Å². The highest BCUT2D eigenvalue weighted by atomic mass is 19.1. The number of nitrogens with zero attached hydrogens (tertiary/aromatic N) is 1. The van der Waals surface area contributed by atoms with Crippen molar-refractivity contribution in [2.24, 2.45) is 5.73 Å². The maximum atomic E-state index is 12.7. The Bertz CT molecular complexity index is 295. The van der Waals surface area contributed by atoms with Crippen molar-refractivity contribution in [1.82, 2.24) is 4.90 Å². The summed E-state index contributed by atoms with van der Waals surface area (Å²) in [4.78, 5) is 2.16. The van der Waals surface area contributed by atoms with E-state index in [9.17, 15) is 4.39 Å². The Hall–Kier alpha value is -0.930. The van der Waals surface area contributed by atoms with Gasteiger partial charge in [-0.2, -0.15) is 0 Å². The molecule has 0 bridgehead atoms. The normalized spacial score (nSPS) is 15.3. The van der Waals surface area contributed by atoms with Crippen LogP contribution in [0.4, 0.5) is 4.39 Å². The summed E-state index contributed by atoms with van der Waals surface area (Å²) < 4.78 is 12.7. The van der Waals surface area contributed by atoms with E-state index in [0.29, 0.717) is 6.04 Å². The van der Waals surface area contributed by atoms with Crippen LogP contribution in [0.5, 0.6) is 0 Å². The first-order chi connectivity index (χ1) is 7.00. The molecule has 84 valence electrons. The van der Waals surface area contributed by atoms with E-state index in [1.165, 1.54) is 12.1 Å². The van der Waals surface area contributed by atoms with E-state index in [-0.39, 0.29) is 11.9 Å². The van der Waals surface area contributed by atoms with Crippen LogP contribution in [-0.2, 0) is 6.54 Å². The van der Waals surface area contributed by atoms with Crippen LogP contribution in [0.15, 0.2) is 24.3 Å². The number of halogens is 1. The largest absolute Gasteiger partial charge is 0.327 e. The van der Waals surface area contributed by atoms with Gasteiger partial charge in [-0.15, -0.1) is 0 Å². The molecule has 1 aromatic rings. The first-order valence-electron chi connectivity index (χ1n) is 5.21. The molecule has 0 saturated heterocycles. The van der Waals surface area contributed by atoms with Crippen molar-refractivity contribution < 1.29 is 4.39 Å². The number of nitrogens with two attached hydrogens (primary N) is 1. The molecule has 0 aromatic heterocycles. The van der Waals surface area contributed by atoms with Crippen molar-refractivity contribution in [3.05, 3.63) is 35.6 Å². The van der Waals surface area contributed by atoms with E-state index < -0.39 is 0 Å². The summed E-state index contributed by atoms with van der Waals surface area (Å²) in [5.74, 6) is -0.193. The number of hydrogen-bond donors (Lipinski definition) is 1. The summed E-state index contributed by atoms with van der Waals surface area (Å²) in [7, 11) is 2.03. The van der Waals surface area contributed by atoms with Gasteiger partial charge in [0.15, 0.2) is 0 Å². The lowest BCUT2D eigenvalue weighted by atomic mass is 10.1. The van der Waals surface area contributed by atoms with Crippen LogP contribution < -0.4 is 5.73 Å². The Morgan fingerprint density at radius 2 is 1.80 bits per heavy atom. The summed E-state index contributed by atoms with van der Waals surface area (Å²) in [5, 5.41) is 0. The minimum atomic E-state index is -0.193. The number of hydrogen-bond acceptors (Lipinski definition) is 2. The molecule has 1 rings (SSSR count). The van der Waals surface area contributed by atoms with Crippen molar-refractivity contribution in [3.8, 4) is 0 Å². The molecule has 0 amide bonds. The fraction of sp³-hybridized carbons (Fsp3) is 0.500. The van der Waals surface area contributed by atoms with Crippen LogP contribution in [0.2, 0.25) is 0 Å². The molecular formula is C12H19FN2. The molecule has 2 unspecified atom stereocenters. The van der Waals surface area contributed by atoms with Crippen LogP contribution in [0.3, 0.4) is 0 Å². The van der Waals surface area contributed by atoms with Crippen LogP contribution in [0.25, 0.3) is 0 Å². The molecule has 3 heteroatoms. The van der Waals surface area contributed by atoms with E-state index in [0.717, 1.165) is 12.1 Å². The number of benzene rings is 1. The minimum Gasteiger partial charge on any atom is -0.327 e. The Labute approximate surface area is 90.9 Å². The maximum Gasteiger partial charge on any atom is 0.123 e. The predicted octanol–water partition coefficient (Wildman–Crippen LogP) is 1.99. The number of likely N-dealkylation sites (N-methyl/N-ethyl adjacent to an activating group) is 1. The molecule has 0 heterocycles. The van der Waals surface area contributed by atoms with Crippen molar-refractivity contribution >= 4 is 0 Å². The second-order valence-electron chi connectivity index (χ2n) is 4.14. The summed E-state index contributed by atoms with van der Waals surface area (Å²) in [6.45, 7) is 4.88. The van der Waals surface area contributed by atoms with Gasteiger partial charge in [-0.3, -0.25) is 4.90 Å². The lowest BCUT2D eigenvalue weighted by Crippen LogP contribution is -2.41. The van der Waals surface area contributed by atoms with Gasteiger partial charge >= 0.3 is 0 Å². The number of rotatable bonds is 4. The van der Waals surface area contributed by atoms with Crippen molar-refractivity contribution in [3.63, 3.8) is 0 Å². The summed E-state index contributed by atoms with van der Waals surface area (Å²) >= 11 is 0. The van der Waals surface area contributed by atoms with Crippen molar-refractivity contribution in [2.75, 3.05) is 7.05 Å². The quantitative estimate of drug-likeness (QED) is 0.823. The Morgan fingerprint density at radius 3 is 2.27 bits per heavy atom. The Balaban J connectivity index is 2.58. The monoisotopic (exact) mass is 210 g/mol. The van der Waals surface area contributed by atoms with Crippen LogP contribution >= 0.6 is 0 Å². The average Bonchev–Trinajstić information content (AvgIpc) is 2.20. The van der Waals surface area contributed by atoms with Crippen LogP contribution in [0, 0.1) is 5.82 Å². The fourth-order valence-corrected chi connectivity index (χ4v) is 1.42. The minimum absolute atomic E-state index is 0.135. The molecule has 2 N–H and O–H groups in total. The van der Waals surface area contributed by atoms with Gasteiger partial charge in [0.2, 0.25) is 0 Å². The van der Waals surface area contributed by atoms with Gasteiger partial charge in [0.1, 0.15) is 5.82 Å². The zero-order chi connectivity index (χ0) is 11.4. The lowest BCUT2D eigenvalue weighted by Gasteiger charge is -2.27. The smallest absolute Gasteiger partial charge is 0.123 e. The Kier molecular flexibility index (Phi) is 4.24. The maximum absolute atomic E-state index is 12.7. The lowest BCUT2D eigenvalue weighted by molar-refractivity contribution is 0.224. The first-order valence-corrected chi connectivity index (χ1v) is 5.21. The summed E-state index contributed by atoms with van der Waals surface area (Å²) in [6, 6.07) is 7.03. The van der Waals surface area contributed by atoms with E-state index in [2.05, 4.69) is 11.8 Å². The van der Waals surface area contributed by atoms with Crippen LogP contribution in [-0.4, -0.2) is 24.0 Å². The third-order valence-corrected chi connectivity index (χ3v) is 2.80. The van der Waals surface area contributed by atoms with E-state index >= 15 is 0 Å². The molecule has 1 aromatic carbocycles.